The van der Waals surface area contributed by atoms with E-state index in [0.717, 1.165) is 55.4 Å². The molecule has 1 aromatic carbocycles. The number of likely N-dealkylation sites (tertiary alicyclic amines) is 1. The van der Waals surface area contributed by atoms with Crippen LogP contribution in [0.15, 0.2) is 22.7 Å². The van der Waals surface area contributed by atoms with Crippen LogP contribution >= 0.6 is 15.9 Å². The third-order valence-corrected chi connectivity index (χ3v) is 6.71. The van der Waals surface area contributed by atoms with Gasteiger partial charge in [-0.15, -0.1) is 0 Å². The molecule has 26 heavy (non-hydrogen) atoms. The number of halogens is 1. The number of carbonyl (C=O) groups excluding carboxylic acids is 2. The quantitative estimate of drug-likeness (QED) is 0.724. The Hall–Kier alpha value is -1.36. The van der Waals surface area contributed by atoms with Crippen LogP contribution < -0.4 is 4.90 Å². The average Bonchev–Trinajstić information content (AvgIpc) is 3.45. The van der Waals surface area contributed by atoms with Gasteiger partial charge in [0.25, 0.3) is 0 Å². The molecule has 4 nitrogen and oxygen atoms in total. The van der Waals surface area contributed by atoms with E-state index >= 15 is 0 Å². The van der Waals surface area contributed by atoms with Crippen LogP contribution in [-0.4, -0.2) is 36.3 Å². The number of carbonyl (C=O) groups is 2. The second-order valence-corrected chi connectivity index (χ2v) is 9.60. The van der Waals surface area contributed by atoms with Crippen molar-refractivity contribution in [3.8, 4) is 0 Å². The number of benzene rings is 1. The molecule has 2 aliphatic heterocycles. The highest BCUT2D eigenvalue weighted by Crippen LogP contribution is 2.42. The van der Waals surface area contributed by atoms with Crippen LogP contribution in [0.1, 0.15) is 51.5 Å². The predicted molar refractivity (Wildman–Crippen MR) is 106 cm³/mol. The molecule has 0 radical (unpaired) electrons. The lowest BCUT2D eigenvalue weighted by atomic mass is 9.77. The number of hydrogen-bond donors (Lipinski definition) is 0. The van der Waals surface area contributed by atoms with Gasteiger partial charge in [0.15, 0.2) is 0 Å². The van der Waals surface area contributed by atoms with Gasteiger partial charge in [0, 0.05) is 35.7 Å². The Bertz CT molecular complexity index is 742. The highest BCUT2D eigenvalue weighted by Gasteiger charge is 2.40. The van der Waals surface area contributed by atoms with Gasteiger partial charge in [-0.2, -0.15) is 0 Å². The Balaban J connectivity index is 1.56. The van der Waals surface area contributed by atoms with E-state index in [-0.39, 0.29) is 29.1 Å². The normalized spacial score (nSPS) is 25.0. The topological polar surface area (TPSA) is 40.6 Å². The molecule has 1 aliphatic carbocycles. The molecule has 0 aromatic heterocycles. The van der Waals surface area contributed by atoms with Crippen LogP contribution in [0.2, 0.25) is 0 Å². The molecule has 2 heterocycles. The molecule has 1 saturated carbocycles. The van der Waals surface area contributed by atoms with E-state index in [1.807, 2.05) is 9.80 Å². The standard InChI is InChI=1S/C21H27BrN2O2/c1-21(2)9-11-24(18-12-16(22)7-8-17(18)21)20(26)15-4-3-10-23(13-15)19(25)14-5-6-14/h7-8,12,14-15H,3-6,9-11,13H2,1-2H3. The number of fused-ring (bicyclic) bond motifs is 1. The van der Waals surface area contributed by atoms with Crippen LogP contribution in [0.5, 0.6) is 0 Å². The number of rotatable bonds is 2. The maximum Gasteiger partial charge on any atom is 0.231 e. The molecule has 4 rings (SSSR count). The molecular weight excluding hydrogens is 392 g/mol. The summed E-state index contributed by atoms with van der Waals surface area (Å²) >= 11 is 3.56. The summed E-state index contributed by atoms with van der Waals surface area (Å²) in [5.74, 6) is 0.620. The van der Waals surface area contributed by atoms with Crippen molar-refractivity contribution in [1.82, 2.24) is 4.90 Å². The molecular formula is C21H27BrN2O2. The molecule has 0 N–H and O–H groups in total. The maximum atomic E-state index is 13.4. The van der Waals surface area contributed by atoms with Crippen molar-refractivity contribution in [3.05, 3.63) is 28.2 Å². The summed E-state index contributed by atoms with van der Waals surface area (Å²) in [7, 11) is 0. The van der Waals surface area contributed by atoms with Gasteiger partial charge in [0.1, 0.15) is 0 Å². The lowest BCUT2D eigenvalue weighted by molar-refractivity contribution is -0.136. The zero-order chi connectivity index (χ0) is 18.5. The van der Waals surface area contributed by atoms with E-state index < -0.39 is 0 Å². The SMILES string of the molecule is CC1(C)CCN(C(=O)C2CCCN(C(=O)C3CC3)C2)c2cc(Br)ccc21. The maximum absolute atomic E-state index is 13.4. The first kappa shape index (κ1) is 18.0. The van der Waals surface area contributed by atoms with Crippen molar-refractivity contribution in [2.75, 3.05) is 24.5 Å². The number of amides is 2. The summed E-state index contributed by atoms with van der Waals surface area (Å²) in [5.41, 5.74) is 2.35. The smallest absolute Gasteiger partial charge is 0.231 e. The summed E-state index contributed by atoms with van der Waals surface area (Å²) in [6.07, 6.45) is 4.83. The van der Waals surface area contributed by atoms with E-state index in [2.05, 4.69) is 48.0 Å². The van der Waals surface area contributed by atoms with Gasteiger partial charge >= 0.3 is 0 Å². The number of piperidine rings is 1. The van der Waals surface area contributed by atoms with Gasteiger partial charge in [0.05, 0.1) is 5.92 Å². The third-order valence-electron chi connectivity index (χ3n) is 6.22. The van der Waals surface area contributed by atoms with E-state index in [4.69, 9.17) is 0 Å². The molecule has 2 amide bonds. The van der Waals surface area contributed by atoms with E-state index in [1.165, 1.54) is 5.56 Å². The molecule has 1 atom stereocenters. The van der Waals surface area contributed by atoms with Crippen molar-refractivity contribution in [2.24, 2.45) is 11.8 Å². The Kier molecular flexibility index (Phi) is 4.62. The third kappa shape index (κ3) is 3.30. The van der Waals surface area contributed by atoms with Crippen LogP contribution in [-0.2, 0) is 15.0 Å². The first-order chi connectivity index (χ1) is 12.4. The van der Waals surface area contributed by atoms with Crippen molar-refractivity contribution < 1.29 is 9.59 Å². The zero-order valence-electron chi connectivity index (χ0n) is 15.6. The van der Waals surface area contributed by atoms with Crippen molar-refractivity contribution in [3.63, 3.8) is 0 Å². The second-order valence-electron chi connectivity index (χ2n) is 8.68. The van der Waals surface area contributed by atoms with E-state index in [1.54, 1.807) is 0 Å². The summed E-state index contributed by atoms with van der Waals surface area (Å²) in [5, 5.41) is 0. The summed E-state index contributed by atoms with van der Waals surface area (Å²) in [4.78, 5) is 29.7. The predicted octanol–water partition coefficient (Wildman–Crippen LogP) is 4.11. The number of anilines is 1. The number of nitrogens with zero attached hydrogens (tertiary/aromatic N) is 2. The van der Waals surface area contributed by atoms with E-state index in [9.17, 15) is 9.59 Å². The van der Waals surface area contributed by atoms with Gasteiger partial charge in [-0.05, 0) is 55.2 Å². The molecule has 3 aliphatic rings. The van der Waals surface area contributed by atoms with Gasteiger partial charge in [0.2, 0.25) is 11.8 Å². The van der Waals surface area contributed by atoms with Crippen LogP contribution in [0.4, 0.5) is 5.69 Å². The highest BCUT2D eigenvalue weighted by atomic mass is 79.9. The molecule has 1 aromatic rings. The minimum absolute atomic E-state index is 0.0699. The minimum Gasteiger partial charge on any atom is -0.342 e. The van der Waals surface area contributed by atoms with Gasteiger partial charge in [-0.1, -0.05) is 35.8 Å². The largest absolute Gasteiger partial charge is 0.342 e. The van der Waals surface area contributed by atoms with Crippen LogP contribution in [0.3, 0.4) is 0 Å². The molecule has 5 heteroatoms. The highest BCUT2D eigenvalue weighted by molar-refractivity contribution is 9.10. The average molecular weight is 419 g/mol. The second kappa shape index (κ2) is 6.66. The molecule has 1 unspecified atom stereocenters. The number of hydrogen-bond acceptors (Lipinski definition) is 2. The molecule has 0 spiro atoms. The monoisotopic (exact) mass is 418 g/mol. The minimum atomic E-state index is -0.0699. The Morgan fingerprint density at radius 1 is 1.08 bits per heavy atom. The van der Waals surface area contributed by atoms with Crippen LogP contribution in [0.25, 0.3) is 0 Å². The van der Waals surface area contributed by atoms with Gasteiger partial charge in [-0.25, -0.2) is 0 Å². The zero-order valence-corrected chi connectivity index (χ0v) is 17.2. The summed E-state index contributed by atoms with van der Waals surface area (Å²) in [6, 6.07) is 6.28. The van der Waals surface area contributed by atoms with Crippen molar-refractivity contribution in [1.29, 1.82) is 0 Å². The molecule has 140 valence electrons. The molecule has 2 fully saturated rings. The fourth-order valence-corrected chi connectivity index (χ4v) is 4.71. The Morgan fingerprint density at radius 3 is 2.58 bits per heavy atom. The first-order valence-corrected chi connectivity index (χ1v) is 10.6. The van der Waals surface area contributed by atoms with Gasteiger partial charge < -0.3 is 9.80 Å². The van der Waals surface area contributed by atoms with Crippen molar-refractivity contribution in [2.45, 2.75) is 51.4 Å². The van der Waals surface area contributed by atoms with Crippen LogP contribution in [0, 0.1) is 11.8 Å². The fraction of sp³-hybridized carbons (Fsp3) is 0.619. The molecule has 1 saturated heterocycles. The Morgan fingerprint density at radius 2 is 1.85 bits per heavy atom. The lowest BCUT2D eigenvalue weighted by Gasteiger charge is -2.42. The first-order valence-electron chi connectivity index (χ1n) is 9.77. The lowest BCUT2D eigenvalue weighted by Crippen LogP contribution is -2.49. The van der Waals surface area contributed by atoms with E-state index in [0.29, 0.717) is 6.54 Å². The summed E-state index contributed by atoms with van der Waals surface area (Å²) < 4.78 is 1.00. The molecule has 0 bridgehead atoms. The van der Waals surface area contributed by atoms with Gasteiger partial charge in [-0.3, -0.25) is 9.59 Å². The van der Waals surface area contributed by atoms with Crippen molar-refractivity contribution >= 4 is 33.4 Å². The fourth-order valence-electron chi connectivity index (χ4n) is 4.36. The summed E-state index contributed by atoms with van der Waals surface area (Å²) in [6.45, 7) is 6.66. The Labute approximate surface area is 164 Å².